The average molecular weight is 271 g/mol. The molecule has 0 amide bonds. The fourth-order valence-corrected chi connectivity index (χ4v) is 2.80. The Bertz CT molecular complexity index is 636. The molecule has 2 heterocycles. The second-order valence-electron chi connectivity index (χ2n) is 5.15. The number of hydrogen-bond donors (Lipinski definition) is 1. The van der Waals surface area contributed by atoms with Gasteiger partial charge in [-0.15, -0.1) is 0 Å². The number of nitrogens with zero attached hydrogens (tertiary/aromatic N) is 3. The van der Waals surface area contributed by atoms with Crippen molar-refractivity contribution in [3.05, 3.63) is 47.8 Å². The van der Waals surface area contributed by atoms with Gasteiger partial charge >= 0.3 is 5.97 Å². The smallest absolute Gasteiger partial charge is 0.326 e. The van der Waals surface area contributed by atoms with Gasteiger partial charge in [-0.05, 0) is 23.6 Å². The van der Waals surface area contributed by atoms with Crippen LogP contribution in [0.4, 0.5) is 5.69 Å². The maximum Gasteiger partial charge on any atom is 0.326 e. The van der Waals surface area contributed by atoms with Gasteiger partial charge in [0.05, 0.1) is 6.20 Å². The molecule has 1 unspecified atom stereocenters. The van der Waals surface area contributed by atoms with E-state index >= 15 is 0 Å². The predicted octanol–water partition coefficient (Wildman–Crippen LogP) is 1.48. The van der Waals surface area contributed by atoms with Crippen LogP contribution in [0.5, 0.6) is 0 Å². The van der Waals surface area contributed by atoms with Crippen LogP contribution in [0.2, 0.25) is 0 Å². The summed E-state index contributed by atoms with van der Waals surface area (Å²) in [6, 6.07) is 7.48. The molecule has 0 saturated heterocycles. The van der Waals surface area contributed by atoms with Gasteiger partial charge in [0.2, 0.25) is 0 Å². The summed E-state index contributed by atoms with van der Waals surface area (Å²) in [4.78, 5) is 13.4. The molecule has 0 fully saturated rings. The van der Waals surface area contributed by atoms with E-state index in [1.807, 2.05) is 48.6 Å². The van der Waals surface area contributed by atoms with Crippen LogP contribution in [0.1, 0.15) is 11.1 Å². The summed E-state index contributed by atoms with van der Waals surface area (Å²) in [5.74, 6) is -0.757. The Morgan fingerprint density at radius 2 is 2.25 bits per heavy atom. The van der Waals surface area contributed by atoms with Crippen molar-refractivity contribution >= 4 is 11.7 Å². The molecule has 1 aromatic carbocycles. The van der Waals surface area contributed by atoms with Crippen LogP contribution in [-0.4, -0.2) is 33.4 Å². The summed E-state index contributed by atoms with van der Waals surface area (Å²) in [7, 11) is 1.88. The average Bonchev–Trinajstić information content (AvgIpc) is 3.00. The third-order valence-electron chi connectivity index (χ3n) is 3.78. The van der Waals surface area contributed by atoms with Gasteiger partial charge in [0.1, 0.15) is 6.04 Å². The van der Waals surface area contributed by atoms with Crippen LogP contribution in [0.15, 0.2) is 36.7 Å². The second-order valence-corrected chi connectivity index (χ2v) is 5.15. The molecule has 1 aromatic heterocycles. The number of anilines is 1. The lowest BCUT2D eigenvalue weighted by atomic mass is 10.1. The highest BCUT2D eigenvalue weighted by atomic mass is 16.4. The van der Waals surface area contributed by atoms with E-state index in [4.69, 9.17) is 0 Å². The van der Waals surface area contributed by atoms with Crippen molar-refractivity contribution < 1.29 is 9.90 Å². The van der Waals surface area contributed by atoms with Crippen LogP contribution in [0.25, 0.3) is 0 Å². The van der Waals surface area contributed by atoms with Gasteiger partial charge < -0.3 is 10.0 Å². The van der Waals surface area contributed by atoms with Gasteiger partial charge in [-0.1, -0.05) is 18.2 Å². The maximum absolute atomic E-state index is 11.4. The van der Waals surface area contributed by atoms with Crippen molar-refractivity contribution in [2.24, 2.45) is 7.05 Å². The number of para-hydroxylation sites is 1. The fraction of sp³-hybridized carbons (Fsp3) is 0.333. The first-order valence-electron chi connectivity index (χ1n) is 6.70. The third kappa shape index (κ3) is 2.27. The summed E-state index contributed by atoms with van der Waals surface area (Å²) in [5, 5.41) is 13.5. The van der Waals surface area contributed by atoms with Crippen molar-refractivity contribution in [2.45, 2.75) is 18.9 Å². The Labute approximate surface area is 117 Å². The molecule has 0 radical (unpaired) electrons. The summed E-state index contributed by atoms with van der Waals surface area (Å²) < 4.78 is 1.77. The monoisotopic (exact) mass is 271 g/mol. The van der Waals surface area contributed by atoms with E-state index in [1.165, 1.54) is 0 Å². The normalized spacial score (nSPS) is 17.2. The molecule has 1 N–H and O–H groups in total. The van der Waals surface area contributed by atoms with Crippen molar-refractivity contribution in [1.29, 1.82) is 0 Å². The number of aryl methyl sites for hydroxylation is 1. The topological polar surface area (TPSA) is 58.4 Å². The molecular formula is C15H17N3O2. The molecule has 2 aromatic rings. The lowest BCUT2D eigenvalue weighted by Crippen LogP contribution is -2.39. The van der Waals surface area contributed by atoms with Gasteiger partial charge in [-0.3, -0.25) is 4.68 Å². The largest absolute Gasteiger partial charge is 0.480 e. The van der Waals surface area contributed by atoms with Crippen molar-refractivity contribution in [3.8, 4) is 0 Å². The van der Waals surface area contributed by atoms with E-state index in [1.54, 1.807) is 4.68 Å². The van der Waals surface area contributed by atoms with Crippen molar-refractivity contribution in [3.63, 3.8) is 0 Å². The quantitative estimate of drug-likeness (QED) is 0.915. The minimum absolute atomic E-state index is 0.455. The Hall–Kier alpha value is -2.30. The first kappa shape index (κ1) is 12.7. The van der Waals surface area contributed by atoms with Crippen molar-refractivity contribution in [1.82, 2.24) is 9.78 Å². The first-order chi connectivity index (χ1) is 9.65. The molecule has 1 atom stereocenters. The lowest BCUT2D eigenvalue weighted by molar-refractivity contribution is -0.138. The van der Waals surface area contributed by atoms with Crippen LogP contribution >= 0.6 is 0 Å². The molecule has 5 nitrogen and oxygen atoms in total. The van der Waals surface area contributed by atoms with Crippen LogP contribution in [0, 0.1) is 0 Å². The molecule has 104 valence electrons. The fourth-order valence-electron chi connectivity index (χ4n) is 2.80. The number of carbonyl (C=O) groups is 1. The highest BCUT2D eigenvalue weighted by molar-refractivity contribution is 5.82. The lowest BCUT2D eigenvalue weighted by Gasteiger charge is -2.24. The summed E-state index contributed by atoms with van der Waals surface area (Å²) in [5.41, 5.74) is 3.29. The standard InChI is InChI=1S/C15H17N3O2/c1-17-10-11(9-16-17)6-7-18-13-5-3-2-4-12(13)8-14(18)15(19)20/h2-5,9-10,14H,6-8H2,1H3,(H,19,20). The predicted molar refractivity (Wildman–Crippen MR) is 75.8 cm³/mol. The van der Waals surface area contributed by atoms with Gasteiger partial charge in [0.25, 0.3) is 0 Å². The molecular weight excluding hydrogens is 254 g/mol. The Balaban J connectivity index is 1.80. The zero-order valence-electron chi connectivity index (χ0n) is 11.4. The van der Waals surface area contributed by atoms with E-state index in [0.717, 1.165) is 23.2 Å². The Morgan fingerprint density at radius 1 is 1.45 bits per heavy atom. The summed E-state index contributed by atoms with van der Waals surface area (Å²) >= 11 is 0. The molecule has 0 bridgehead atoms. The van der Waals surface area contributed by atoms with E-state index < -0.39 is 12.0 Å². The van der Waals surface area contributed by atoms with E-state index in [9.17, 15) is 9.90 Å². The molecule has 20 heavy (non-hydrogen) atoms. The molecule has 3 rings (SSSR count). The number of aromatic nitrogens is 2. The van der Waals surface area contributed by atoms with E-state index in [0.29, 0.717) is 13.0 Å². The molecule has 1 aliphatic heterocycles. The molecule has 1 aliphatic rings. The van der Waals surface area contributed by atoms with Crippen molar-refractivity contribution in [2.75, 3.05) is 11.4 Å². The number of carboxylic acids is 1. The van der Waals surface area contributed by atoms with Gasteiger partial charge in [0, 0.05) is 31.9 Å². The zero-order valence-corrected chi connectivity index (χ0v) is 11.4. The molecule has 0 aliphatic carbocycles. The first-order valence-corrected chi connectivity index (χ1v) is 6.70. The molecule has 0 spiro atoms. The minimum atomic E-state index is -0.757. The molecule has 0 saturated carbocycles. The number of fused-ring (bicyclic) bond motifs is 1. The summed E-state index contributed by atoms with van der Waals surface area (Å²) in [6.07, 6.45) is 5.18. The van der Waals surface area contributed by atoms with Gasteiger partial charge in [-0.2, -0.15) is 5.10 Å². The van der Waals surface area contributed by atoms with Crippen LogP contribution in [0.3, 0.4) is 0 Å². The third-order valence-corrected chi connectivity index (χ3v) is 3.78. The van der Waals surface area contributed by atoms with Crippen LogP contribution in [-0.2, 0) is 24.7 Å². The van der Waals surface area contributed by atoms with E-state index in [2.05, 4.69) is 5.10 Å². The number of rotatable bonds is 4. The second kappa shape index (κ2) is 5.00. The minimum Gasteiger partial charge on any atom is -0.480 e. The zero-order chi connectivity index (χ0) is 14.1. The van der Waals surface area contributed by atoms with Crippen LogP contribution < -0.4 is 4.90 Å². The van der Waals surface area contributed by atoms with Gasteiger partial charge in [-0.25, -0.2) is 4.79 Å². The highest BCUT2D eigenvalue weighted by Crippen LogP contribution is 2.32. The number of hydrogen-bond acceptors (Lipinski definition) is 3. The Morgan fingerprint density at radius 3 is 2.95 bits per heavy atom. The summed E-state index contributed by atoms with van der Waals surface area (Å²) in [6.45, 7) is 0.694. The Kier molecular flexibility index (Phi) is 3.18. The number of benzene rings is 1. The SMILES string of the molecule is Cn1cc(CCN2c3ccccc3CC2C(=O)O)cn1. The van der Waals surface area contributed by atoms with E-state index in [-0.39, 0.29) is 0 Å². The number of carboxylic acid groups (broad SMARTS) is 1. The van der Waals surface area contributed by atoms with Gasteiger partial charge in [0.15, 0.2) is 0 Å². The maximum atomic E-state index is 11.4. The highest BCUT2D eigenvalue weighted by Gasteiger charge is 2.33. The molecule has 5 heteroatoms. The number of aliphatic carboxylic acids is 1.